The van der Waals surface area contributed by atoms with Gasteiger partial charge in [-0.05, 0) is 50.6 Å². The number of rotatable bonds is 4. The van der Waals surface area contributed by atoms with Crippen molar-refractivity contribution in [1.29, 1.82) is 0 Å². The van der Waals surface area contributed by atoms with Crippen LogP contribution in [0.4, 0.5) is 0 Å². The number of benzene rings is 1. The van der Waals surface area contributed by atoms with Crippen LogP contribution in [-0.4, -0.2) is 34.1 Å². The summed E-state index contributed by atoms with van der Waals surface area (Å²) in [6.07, 6.45) is 2.70. The zero-order valence-electron chi connectivity index (χ0n) is 11.5. The predicted molar refractivity (Wildman–Crippen MR) is 82.8 cm³/mol. The molecule has 4 heteroatoms. The molecule has 1 aromatic carbocycles. The highest BCUT2D eigenvalue weighted by molar-refractivity contribution is 7.79. The van der Waals surface area contributed by atoms with Gasteiger partial charge in [0.1, 0.15) is 5.82 Å². The Morgan fingerprint density at radius 1 is 1.21 bits per heavy atom. The number of nitrogens with zero attached hydrogens (tertiary/aromatic N) is 3. The minimum Gasteiger partial charge on any atom is -0.326 e. The van der Waals surface area contributed by atoms with E-state index in [2.05, 4.69) is 47.2 Å². The van der Waals surface area contributed by atoms with Crippen molar-refractivity contribution in [2.45, 2.75) is 32.1 Å². The third kappa shape index (κ3) is 2.65. The molecule has 1 aliphatic heterocycles. The van der Waals surface area contributed by atoms with E-state index >= 15 is 0 Å². The van der Waals surface area contributed by atoms with Crippen LogP contribution in [0.1, 0.15) is 24.2 Å². The zero-order chi connectivity index (χ0) is 13.2. The lowest BCUT2D eigenvalue weighted by Gasteiger charge is -2.16. The lowest BCUT2D eigenvalue weighted by atomic mass is 10.2. The van der Waals surface area contributed by atoms with Gasteiger partial charge in [0, 0.05) is 18.8 Å². The highest BCUT2D eigenvalue weighted by Gasteiger charge is 2.14. The molecule has 1 saturated heterocycles. The molecule has 0 bridgehead atoms. The second-order valence-electron chi connectivity index (χ2n) is 5.38. The molecule has 102 valence electrons. The molecule has 0 unspecified atom stereocenters. The largest absolute Gasteiger partial charge is 0.326 e. The Hall–Kier alpha value is -1.00. The summed E-state index contributed by atoms with van der Waals surface area (Å²) in [6, 6.07) is 6.52. The van der Waals surface area contributed by atoms with Gasteiger partial charge >= 0.3 is 0 Å². The summed E-state index contributed by atoms with van der Waals surface area (Å²) >= 11 is 4.42. The summed E-state index contributed by atoms with van der Waals surface area (Å²) in [6.45, 7) is 6.77. The number of thiol groups is 1. The van der Waals surface area contributed by atoms with Crippen LogP contribution in [0.15, 0.2) is 18.2 Å². The van der Waals surface area contributed by atoms with E-state index in [4.69, 9.17) is 4.98 Å². The maximum Gasteiger partial charge on any atom is 0.119 e. The molecule has 3 rings (SSSR count). The van der Waals surface area contributed by atoms with Crippen molar-refractivity contribution < 1.29 is 0 Å². The van der Waals surface area contributed by atoms with Crippen molar-refractivity contribution >= 4 is 23.7 Å². The molecule has 1 fully saturated rings. The Balaban J connectivity index is 1.87. The van der Waals surface area contributed by atoms with E-state index in [1.807, 2.05) is 0 Å². The van der Waals surface area contributed by atoms with E-state index in [1.54, 1.807) is 0 Å². The third-order valence-corrected chi connectivity index (χ3v) is 4.25. The number of hydrogen-bond acceptors (Lipinski definition) is 3. The Labute approximate surface area is 120 Å². The fourth-order valence-electron chi connectivity index (χ4n) is 2.91. The average Bonchev–Trinajstić information content (AvgIpc) is 3.02. The van der Waals surface area contributed by atoms with Gasteiger partial charge < -0.3 is 9.47 Å². The van der Waals surface area contributed by atoms with Gasteiger partial charge in [0.05, 0.1) is 11.0 Å². The van der Waals surface area contributed by atoms with Crippen molar-refractivity contribution in [3.8, 4) is 0 Å². The smallest absolute Gasteiger partial charge is 0.119 e. The molecule has 2 aromatic rings. The summed E-state index contributed by atoms with van der Waals surface area (Å²) in [5, 5.41) is 0. The molecule has 0 saturated carbocycles. The van der Waals surface area contributed by atoms with E-state index in [0.717, 1.165) is 24.4 Å². The minimum absolute atomic E-state index is 0.702. The first kappa shape index (κ1) is 13.0. The van der Waals surface area contributed by atoms with Crippen molar-refractivity contribution in [3.63, 3.8) is 0 Å². The lowest BCUT2D eigenvalue weighted by Crippen LogP contribution is -2.24. The topological polar surface area (TPSA) is 21.1 Å². The maximum atomic E-state index is 4.71. The Bertz CT molecular complexity index is 570. The van der Waals surface area contributed by atoms with Crippen LogP contribution in [-0.2, 0) is 12.3 Å². The van der Waals surface area contributed by atoms with E-state index in [9.17, 15) is 0 Å². The molecule has 0 atom stereocenters. The molecular formula is C15H21N3S. The lowest BCUT2D eigenvalue weighted by molar-refractivity contribution is 0.323. The molecule has 0 radical (unpaired) electrons. The number of hydrogen-bond donors (Lipinski definition) is 1. The second-order valence-corrected chi connectivity index (χ2v) is 5.69. The van der Waals surface area contributed by atoms with Gasteiger partial charge in [-0.15, -0.1) is 0 Å². The van der Waals surface area contributed by atoms with Crippen LogP contribution >= 0.6 is 12.6 Å². The average molecular weight is 275 g/mol. The van der Waals surface area contributed by atoms with E-state index < -0.39 is 0 Å². The molecule has 3 nitrogen and oxygen atoms in total. The highest BCUT2D eigenvalue weighted by Crippen LogP contribution is 2.19. The molecule has 2 heterocycles. The first-order valence-corrected chi connectivity index (χ1v) is 7.70. The monoisotopic (exact) mass is 275 g/mol. The fraction of sp³-hybridized carbons (Fsp3) is 0.533. The van der Waals surface area contributed by atoms with Gasteiger partial charge in [-0.1, -0.05) is 6.07 Å². The highest BCUT2D eigenvalue weighted by atomic mass is 32.1. The second kappa shape index (κ2) is 5.55. The first-order chi connectivity index (χ1) is 9.28. The summed E-state index contributed by atoms with van der Waals surface area (Å²) in [5.74, 6) is 1.79. The minimum atomic E-state index is 0.702. The van der Waals surface area contributed by atoms with Gasteiger partial charge in [0.25, 0.3) is 0 Å². The molecule has 0 spiro atoms. The predicted octanol–water partition coefficient (Wildman–Crippen LogP) is 2.87. The number of fused-ring (bicyclic) bond motifs is 1. The molecule has 0 N–H and O–H groups in total. The van der Waals surface area contributed by atoms with Crippen LogP contribution in [0.2, 0.25) is 0 Å². The number of imidazole rings is 1. The van der Waals surface area contributed by atoms with E-state index in [-0.39, 0.29) is 0 Å². The molecule has 1 aromatic heterocycles. The van der Waals surface area contributed by atoms with Crippen LogP contribution in [0.25, 0.3) is 11.0 Å². The van der Waals surface area contributed by atoms with E-state index in [1.165, 1.54) is 37.0 Å². The molecular weight excluding hydrogens is 254 g/mol. The number of likely N-dealkylation sites (tertiary alicyclic amines) is 1. The van der Waals surface area contributed by atoms with Crippen LogP contribution in [0.5, 0.6) is 0 Å². The van der Waals surface area contributed by atoms with Gasteiger partial charge in [-0.25, -0.2) is 4.98 Å². The van der Waals surface area contributed by atoms with Gasteiger partial charge in [-0.2, -0.15) is 12.6 Å². The first-order valence-electron chi connectivity index (χ1n) is 7.07. The number of aromatic nitrogens is 2. The summed E-state index contributed by atoms with van der Waals surface area (Å²) < 4.78 is 2.33. The van der Waals surface area contributed by atoms with Crippen molar-refractivity contribution in [2.24, 2.45) is 0 Å². The van der Waals surface area contributed by atoms with Gasteiger partial charge in [0.2, 0.25) is 0 Å². The standard InChI is InChI=1S/C15H21N3S/c1-12-4-5-14-13(10-12)16-15(11-19)18(14)9-8-17-6-2-3-7-17/h4-5,10,19H,2-3,6-9,11H2,1H3. The fourth-order valence-corrected chi connectivity index (χ4v) is 3.15. The zero-order valence-corrected chi connectivity index (χ0v) is 12.4. The molecule has 1 aliphatic rings. The molecule has 0 amide bonds. The van der Waals surface area contributed by atoms with Crippen LogP contribution < -0.4 is 0 Å². The van der Waals surface area contributed by atoms with Crippen molar-refractivity contribution in [3.05, 3.63) is 29.6 Å². The third-order valence-electron chi connectivity index (χ3n) is 3.96. The Kier molecular flexibility index (Phi) is 3.80. The SMILES string of the molecule is Cc1ccc2c(c1)nc(CS)n2CCN1CCCC1. The quantitative estimate of drug-likeness (QED) is 0.866. The molecule has 19 heavy (non-hydrogen) atoms. The summed E-state index contributed by atoms with van der Waals surface area (Å²) in [7, 11) is 0. The van der Waals surface area contributed by atoms with Crippen molar-refractivity contribution in [1.82, 2.24) is 14.5 Å². The molecule has 0 aliphatic carbocycles. The Morgan fingerprint density at radius 3 is 2.74 bits per heavy atom. The van der Waals surface area contributed by atoms with Gasteiger partial charge in [-0.3, -0.25) is 0 Å². The summed E-state index contributed by atoms with van der Waals surface area (Å²) in [5.41, 5.74) is 3.61. The normalized spacial score (nSPS) is 16.5. The van der Waals surface area contributed by atoms with Crippen LogP contribution in [0, 0.1) is 6.92 Å². The van der Waals surface area contributed by atoms with Gasteiger partial charge in [0.15, 0.2) is 0 Å². The van der Waals surface area contributed by atoms with Crippen molar-refractivity contribution in [2.75, 3.05) is 19.6 Å². The van der Waals surface area contributed by atoms with Crippen LogP contribution in [0.3, 0.4) is 0 Å². The maximum absolute atomic E-state index is 4.71. The number of aryl methyl sites for hydroxylation is 1. The van der Waals surface area contributed by atoms with E-state index in [0.29, 0.717) is 5.75 Å². The summed E-state index contributed by atoms with van der Waals surface area (Å²) in [4.78, 5) is 7.25. The Morgan fingerprint density at radius 2 is 2.00 bits per heavy atom.